The van der Waals surface area contributed by atoms with Crippen molar-refractivity contribution in [1.82, 2.24) is 0 Å². The second kappa shape index (κ2) is 1.69. The van der Waals surface area contributed by atoms with Gasteiger partial charge in [0.15, 0.2) is 12.4 Å². The van der Waals surface area contributed by atoms with E-state index in [-0.39, 0.29) is 0 Å². The Morgan fingerprint density at radius 2 is 2.44 bits per heavy atom. The molecule has 0 fully saturated rings. The van der Waals surface area contributed by atoms with E-state index in [2.05, 4.69) is 23.2 Å². The lowest BCUT2D eigenvalue weighted by atomic mass is 10.2. The molecule has 0 saturated carbocycles. The highest BCUT2D eigenvalue weighted by Gasteiger charge is 2.04. The van der Waals surface area contributed by atoms with Crippen LogP contribution in [0.2, 0.25) is 0 Å². The molecule has 1 heteroatoms. The maximum Gasteiger partial charge on any atom is 0.174 e. The van der Waals surface area contributed by atoms with Crippen LogP contribution < -0.4 is 4.98 Å². The van der Waals surface area contributed by atoms with E-state index in [0.29, 0.717) is 0 Å². The predicted molar refractivity (Wildman–Crippen MR) is 35.7 cm³/mol. The standard InChI is InChI=1S/C8H7N/c1-2-7-4-5-9-6-8(7)3-1/h1,3-6H,2H2/p+1. The number of allylic oxidation sites excluding steroid dienone is 1. The Morgan fingerprint density at radius 1 is 1.44 bits per heavy atom. The van der Waals surface area contributed by atoms with E-state index in [0.717, 1.165) is 6.42 Å². The molecule has 2 rings (SSSR count). The van der Waals surface area contributed by atoms with Gasteiger partial charge in [-0.15, -0.1) is 0 Å². The Kier molecular flexibility index (Phi) is 0.890. The van der Waals surface area contributed by atoms with E-state index in [4.69, 9.17) is 0 Å². The van der Waals surface area contributed by atoms with Gasteiger partial charge in [0.1, 0.15) is 0 Å². The fourth-order valence-electron chi connectivity index (χ4n) is 1.13. The summed E-state index contributed by atoms with van der Waals surface area (Å²) in [7, 11) is 0. The van der Waals surface area contributed by atoms with Crippen LogP contribution in [0.5, 0.6) is 0 Å². The van der Waals surface area contributed by atoms with E-state index in [1.165, 1.54) is 11.1 Å². The highest BCUT2D eigenvalue weighted by molar-refractivity contribution is 5.57. The van der Waals surface area contributed by atoms with Crippen molar-refractivity contribution in [2.45, 2.75) is 6.42 Å². The van der Waals surface area contributed by atoms with Gasteiger partial charge in [0, 0.05) is 11.6 Å². The molecule has 0 aliphatic heterocycles. The summed E-state index contributed by atoms with van der Waals surface area (Å²) in [4.78, 5) is 3.04. The molecule has 0 radical (unpaired) electrons. The van der Waals surface area contributed by atoms with Gasteiger partial charge in [-0.3, -0.25) is 0 Å². The fourth-order valence-corrected chi connectivity index (χ4v) is 1.13. The maximum absolute atomic E-state index is 3.04. The normalized spacial score (nSPS) is 13.8. The Labute approximate surface area is 54.1 Å². The zero-order chi connectivity index (χ0) is 6.10. The molecule has 0 unspecified atom stereocenters. The first-order valence-electron chi connectivity index (χ1n) is 3.12. The summed E-state index contributed by atoms with van der Waals surface area (Å²) in [5.41, 5.74) is 2.76. The van der Waals surface area contributed by atoms with Gasteiger partial charge in [-0.1, -0.05) is 12.2 Å². The number of nitrogens with one attached hydrogen (secondary N) is 1. The van der Waals surface area contributed by atoms with Gasteiger partial charge in [0.05, 0.1) is 0 Å². The monoisotopic (exact) mass is 118 g/mol. The summed E-state index contributed by atoms with van der Waals surface area (Å²) in [6, 6.07) is 2.12. The quantitative estimate of drug-likeness (QED) is 0.484. The summed E-state index contributed by atoms with van der Waals surface area (Å²) in [6.45, 7) is 0. The van der Waals surface area contributed by atoms with E-state index >= 15 is 0 Å². The van der Waals surface area contributed by atoms with Crippen LogP contribution in [0.15, 0.2) is 24.5 Å². The van der Waals surface area contributed by atoms with Crippen LogP contribution in [0.4, 0.5) is 0 Å². The number of fused-ring (bicyclic) bond motifs is 1. The number of hydrogen-bond acceptors (Lipinski definition) is 0. The van der Waals surface area contributed by atoms with Gasteiger partial charge in [0.25, 0.3) is 0 Å². The van der Waals surface area contributed by atoms with Crippen molar-refractivity contribution >= 4 is 6.08 Å². The Morgan fingerprint density at radius 3 is 3.33 bits per heavy atom. The molecule has 1 aromatic heterocycles. The van der Waals surface area contributed by atoms with E-state index in [1.807, 2.05) is 12.4 Å². The molecule has 1 aliphatic rings. The average Bonchev–Trinajstić information content (AvgIpc) is 2.33. The molecule has 0 spiro atoms. The van der Waals surface area contributed by atoms with E-state index in [9.17, 15) is 0 Å². The Hall–Kier alpha value is -1.11. The summed E-state index contributed by atoms with van der Waals surface area (Å²) >= 11 is 0. The Bertz CT molecular complexity index is 250. The van der Waals surface area contributed by atoms with Crippen molar-refractivity contribution in [3.8, 4) is 0 Å². The lowest BCUT2D eigenvalue weighted by molar-refractivity contribution is -0.378. The SMILES string of the molecule is C1=Cc2c[nH+]ccc2C1. The number of aromatic nitrogens is 1. The molecule has 44 valence electrons. The van der Waals surface area contributed by atoms with Gasteiger partial charge < -0.3 is 0 Å². The number of H-pyrrole nitrogens is 1. The van der Waals surface area contributed by atoms with E-state index < -0.39 is 0 Å². The third-order valence-corrected chi connectivity index (χ3v) is 1.63. The van der Waals surface area contributed by atoms with Crippen molar-refractivity contribution in [2.75, 3.05) is 0 Å². The molecule has 1 aliphatic carbocycles. The second-order valence-electron chi connectivity index (χ2n) is 2.23. The molecule has 1 aromatic rings. The Balaban J connectivity index is 2.63. The minimum atomic E-state index is 1.10. The van der Waals surface area contributed by atoms with Crippen LogP contribution in [0.3, 0.4) is 0 Å². The van der Waals surface area contributed by atoms with Crippen molar-refractivity contribution in [2.24, 2.45) is 0 Å². The van der Waals surface area contributed by atoms with Gasteiger partial charge >= 0.3 is 0 Å². The number of pyridine rings is 1. The number of aromatic amines is 1. The van der Waals surface area contributed by atoms with Crippen LogP contribution in [0, 0.1) is 0 Å². The molecular weight excluding hydrogens is 110 g/mol. The summed E-state index contributed by atoms with van der Waals surface area (Å²) < 4.78 is 0. The van der Waals surface area contributed by atoms with Crippen LogP contribution in [-0.2, 0) is 6.42 Å². The van der Waals surface area contributed by atoms with E-state index in [1.54, 1.807) is 0 Å². The van der Waals surface area contributed by atoms with Crippen LogP contribution in [-0.4, -0.2) is 0 Å². The lowest BCUT2D eigenvalue weighted by Gasteiger charge is -1.88. The van der Waals surface area contributed by atoms with Gasteiger partial charge in [0.2, 0.25) is 0 Å². The van der Waals surface area contributed by atoms with Crippen molar-refractivity contribution < 1.29 is 4.98 Å². The van der Waals surface area contributed by atoms with Crippen LogP contribution in [0.25, 0.3) is 6.08 Å². The first-order chi connectivity index (χ1) is 4.47. The molecule has 9 heavy (non-hydrogen) atoms. The van der Waals surface area contributed by atoms with Crippen molar-refractivity contribution in [1.29, 1.82) is 0 Å². The smallest absolute Gasteiger partial charge is 0.174 e. The predicted octanol–water partition coefficient (Wildman–Crippen LogP) is 1.07. The minimum Gasteiger partial charge on any atom is -0.217 e. The maximum atomic E-state index is 3.04. The fraction of sp³-hybridized carbons (Fsp3) is 0.125. The molecule has 1 heterocycles. The third kappa shape index (κ3) is 0.653. The van der Waals surface area contributed by atoms with Crippen LogP contribution in [0.1, 0.15) is 11.1 Å². The first kappa shape index (κ1) is 4.74. The van der Waals surface area contributed by atoms with Crippen LogP contribution >= 0.6 is 0 Å². The molecule has 0 saturated heterocycles. The average molecular weight is 118 g/mol. The number of hydrogen-bond donors (Lipinski definition) is 0. The van der Waals surface area contributed by atoms with Gasteiger partial charge in [-0.05, 0) is 12.0 Å². The summed E-state index contributed by atoms with van der Waals surface area (Å²) in [5.74, 6) is 0. The lowest BCUT2D eigenvalue weighted by Crippen LogP contribution is -1.99. The molecule has 1 N–H and O–H groups in total. The summed E-state index contributed by atoms with van der Waals surface area (Å²) in [5, 5.41) is 0. The third-order valence-electron chi connectivity index (χ3n) is 1.63. The molecule has 0 bridgehead atoms. The summed E-state index contributed by atoms with van der Waals surface area (Å²) in [6.07, 6.45) is 9.42. The zero-order valence-corrected chi connectivity index (χ0v) is 5.09. The van der Waals surface area contributed by atoms with Crippen molar-refractivity contribution in [3.63, 3.8) is 0 Å². The largest absolute Gasteiger partial charge is 0.217 e. The van der Waals surface area contributed by atoms with Gasteiger partial charge in [-0.2, -0.15) is 0 Å². The molecular formula is C8H8N+. The minimum absolute atomic E-state index is 1.10. The topological polar surface area (TPSA) is 14.1 Å². The molecule has 0 aromatic carbocycles. The zero-order valence-electron chi connectivity index (χ0n) is 5.09. The molecule has 0 amide bonds. The highest BCUT2D eigenvalue weighted by atomic mass is 14.6. The molecule has 1 nitrogen and oxygen atoms in total. The molecule has 0 atom stereocenters. The first-order valence-corrected chi connectivity index (χ1v) is 3.12. The number of rotatable bonds is 0. The van der Waals surface area contributed by atoms with Crippen molar-refractivity contribution in [3.05, 3.63) is 35.7 Å². The van der Waals surface area contributed by atoms with Gasteiger partial charge in [-0.25, -0.2) is 4.98 Å². The second-order valence-corrected chi connectivity index (χ2v) is 2.23. The highest BCUT2D eigenvalue weighted by Crippen LogP contribution is 2.15.